The zero-order valence-electron chi connectivity index (χ0n) is 11.7. The summed E-state index contributed by atoms with van der Waals surface area (Å²) in [5, 5.41) is 3.34. The Balaban J connectivity index is 1.79. The van der Waals surface area contributed by atoms with Crippen LogP contribution in [-0.2, 0) is 11.2 Å². The van der Waals surface area contributed by atoms with E-state index in [0.29, 0.717) is 17.7 Å². The van der Waals surface area contributed by atoms with E-state index in [4.69, 9.17) is 11.6 Å². The Morgan fingerprint density at radius 1 is 1.32 bits per heavy atom. The molecule has 1 saturated carbocycles. The lowest BCUT2D eigenvalue weighted by atomic mass is 10.0. The van der Waals surface area contributed by atoms with Gasteiger partial charge in [-0.25, -0.2) is 0 Å². The van der Waals surface area contributed by atoms with Gasteiger partial charge in [0.2, 0.25) is 5.91 Å². The smallest absolute Gasteiger partial charge is 0.224 e. The lowest BCUT2D eigenvalue weighted by Gasteiger charge is -2.11. The van der Waals surface area contributed by atoms with Crippen molar-refractivity contribution in [2.24, 2.45) is 5.92 Å². The number of amides is 1. The van der Waals surface area contributed by atoms with Crippen LogP contribution < -0.4 is 5.32 Å². The molecule has 1 fully saturated rings. The predicted octanol–water partition coefficient (Wildman–Crippen LogP) is 3.37. The molecule has 0 spiro atoms. The van der Waals surface area contributed by atoms with Gasteiger partial charge in [0, 0.05) is 11.9 Å². The first-order valence-electron chi connectivity index (χ1n) is 7.01. The molecule has 19 heavy (non-hydrogen) atoms. The van der Waals surface area contributed by atoms with Gasteiger partial charge in [-0.05, 0) is 55.7 Å². The number of aryl methyl sites for hydroxylation is 2. The molecular weight excluding hydrogens is 258 g/mol. The molecule has 0 radical (unpaired) electrons. The van der Waals surface area contributed by atoms with Crippen LogP contribution >= 0.6 is 11.6 Å². The van der Waals surface area contributed by atoms with Crippen LogP contribution in [0.5, 0.6) is 0 Å². The summed E-state index contributed by atoms with van der Waals surface area (Å²) >= 11 is 6.07. The van der Waals surface area contributed by atoms with E-state index in [-0.39, 0.29) is 5.91 Å². The largest absolute Gasteiger partial charge is 0.356 e. The maximum absolute atomic E-state index is 11.9. The Bertz CT molecular complexity index is 458. The highest BCUT2D eigenvalue weighted by Crippen LogP contribution is 2.28. The molecule has 0 aromatic heterocycles. The summed E-state index contributed by atoms with van der Waals surface area (Å²) in [4.78, 5) is 11.9. The van der Waals surface area contributed by atoms with Gasteiger partial charge in [0.25, 0.3) is 0 Å². The molecule has 1 aliphatic rings. The van der Waals surface area contributed by atoms with Crippen molar-refractivity contribution in [2.45, 2.75) is 44.9 Å². The Labute approximate surface area is 120 Å². The third-order valence-electron chi connectivity index (χ3n) is 4.00. The summed E-state index contributed by atoms with van der Waals surface area (Å²) in [6, 6.07) is 6.21. The first-order chi connectivity index (χ1) is 9.04. The summed E-state index contributed by atoms with van der Waals surface area (Å²) in [5.74, 6) is 0.674. The van der Waals surface area contributed by atoms with Crippen molar-refractivity contribution in [2.75, 3.05) is 6.54 Å². The van der Waals surface area contributed by atoms with E-state index in [1.165, 1.54) is 11.1 Å². The second-order valence-electron chi connectivity index (χ2n) is 5.68. The van der Waals surface area contributed by atoms with Gasteiger partial charge < -0.3 is 5.32 Å². The van der Waals surface area contributed by atoms with Crippen LogP contribution in [0.4, 0.5) is 0 Å². The third kappa shape index (κ3) is 4.24. The van der Waals surface area contributed by atoms with Gasteiger partial charge >= 0.3 is 0 Å². The number of carbonyl (C=O) groups is 1. The van der Waals surface area contributed by atoms with E-state index in [9.17, 15) is 4.79 Å². The first-order valence-corrected chi connectivity index (χ1v) is 7.45. The summed E-state index contributed by atoms with van der Waals surface area (Å²) in [6.45, 7) is 4.94. The van der Waals surface area contributed by atoms with Crippen molar-refractivity contribution in [3.63, 3.8) is 0 Å². The molecule has 104 valence electrons. The van der Waals surface area contributed by atoms with E-state index >= 15 is 0 Å². The SMILES string of the molecule is Cc1ccc(CC(=O)NCC2CCC(Cl)C2)cc1C. The molecule has 1 N–H and O–H groups in total. The quantitative estimate of drug-likeness (QED) is 0.841. The third-order valence-corrected chi connectivity index (χ3v) is 4.40. The molecule has 1 aromatic rings. The average Bonchev–Trinajstić information content (AvgIpc) is 2.77. The van der Waals surface area contributed by atoms with E-state index in [1.54, 1.807) is 0 Å². The highest BCUT2D eigenvalue weighted by atomic mass is 35.5. The van der Waals surface area contributed by atoms with Crippen molar-refractivity contribution >= 4 is 17.5 Å². The van der Waals surface area contributed by atoms with Gasteiger partial charge in [0.15, 0.2) is 0 Å². The number of benzene rings is 1. The van der Waals surface area contributed by atoms with Gasteiger partial charge in [0.1, 0.15) is 0 Å². The predicted molar refractivity (Wildman–Crippen MR) is 79.6 cm³/mol. The normalized spacial score (nSPS) is 22.5. The van der Waals surface area contributed by atoms with Gasteiger partial charge in [-0.15, -0.1) is 11.6 Å². The van der Waals surface area contributed by atoms with Gasteiger partial charge in [-0.3, -0.25) is 4.79 Å². The zero-order chi connectivity index (χ0) is 13.8. The molecule has 2 atom stereocenters. The maximum Gasteiger partial charge on any atom is 0.224 e. The van der Waals surface area contributed by atoms with Crippen LogP contribution in [0.3, 0.4) is 0 Å². The molecule has 0 aliphatic heterocycles. The fourth-order valence-electron chi connectivity index (χ4n) is 2.62. The number of rotatable bonds is 4. The van der Waals surface area contributed by atoms with Crippen LogP contribution in [0.1, 0.15) is 36.0 Å². The second kappa shape index (κ2) is 6.42. The van der Waals surface area contributed by atoms with Crippen LogP contribution in [0.2, 0.25) is 0 Å². The van der Waals surface area contributed by atoms with Crippen LogP contribution in [0.15, 0.2) is 18.2 Å². The van der Waals surface area contributed by atoms with E-state index in [2.05, 4.69) is 31.3 Å². The molecule has 0 bridgehead atoms. The number of hydrogen-bond acceptors (Lipinski definition) is 1. The Kier molecular flexibility index (Phi) is 4.87. The molecule has 2 nitrogen and oxygen atoms in total. The summed E-state index contributed by atoms with van der Waals surface area (Å²) in [7, 11) is 0. The van der Waals surface area contributed by atoms with E-state index in [0.717, 1.165) is 31.4 Å². The van der Waals surface area contributed by atoms with Crippen molar-refractivity contribution in [1.82, 2.24) is 5.32 Å². The molecule has 2 rings (SSSR count). The van der Waals surface area contributed by atoms with Crippen LogP contribution in [-0.4, -0.2) is 17.8 Å². The molecule has 3 heteroatoms. The Morgan fingerprint density at radius 2 is 2.11 bits per heavy atom. The molecule has 0 saturated heterocycles. The Hall–Kier alpha value is -1.02. The van der Waals surface area contributed by atoms with Gasteiger partial charge in [-0.1, -0.05) is 18.2 Å². The maximum atomic E-state index is 11.9. The molecule has 0 heterocycles. The molecule has 1 aliphatic carbocycles. The zero-order valence-corrected chi connectivity index (χ0v) is 12.5. The summed E-state index contributed by atoms with van der Waals surface area (Å²) in [6.07, 6.45) is 3.72. The van der Waals surface area contributed by atoms with Gasteiger partial charge in [-0.2, -0.15) is 0 Å². The van der Waals surface area contributed by atoms with Crippen LogP contribution in [0.25, 0.3) is 0 Å². The second-order valence-corrected chi connectivity index (χ2v) is 6.29. The van der Waals surface area contributed by atoms with Crippen LogP contribution in [0, 0.1) is 19.8 Å². The fraction of sp³-hybridized carbons (Fsp3) is 0.562. The van der Waals surface area contributed by atoms with Gasteiger partial charge in [0.05, 0.1) is 6.42 Å². The highest BCUT2D eigenvalue weighted by Gasteiger charge is 2.22. The minimum Gasteiger partial charge on any atom is -0.356 e. The molecule has 1 amide bonds. The topological polar surface area (TPSA) is 29.1 Å². The molecule has 1 aromatic carbocycles. The summed E-state index contributed by atoms with van der Waals surface area (Å²) < 4.78 is 0. The lowest BCUT2D eigenvalue weighted by Crippen LogP contribution is -2.29. The van der Waals surface area contributed by atoms with Crippen molar-refractivity contribution in [1.29, 1.82) is 0 Å². The first kappa shape index (κ1) is 14.4. The number of nitrogens with one attached hydrogen (secondary N) is 1. The summed E-state index contributed by atoms with van der Waals surface area (Å²) in [5.41, 5.74) is 3.59. The number of hydrogen-bond donors (Lipinski definition) is 1. The lowest BCUT2D eigenvalue weighted by molar-refractivity contribution is -0.120. The molecular formula is C16H22ClNO. The number of halogens is 1. The van der Waals surface area contributed by atoms with E-state index < -0.39 is 0 Å². The van der Waals surface area contributed by atoms with E-state index in [1.807, 2.05) is 6.07 Å². The average molecular weight is 280 g/mol. The Morgan fingerprint density at radius 3 is 2.74 bits per heavy atom. The van der Waals surface area contributed by atoms with Crippen molar-refractivity contribution < 1.29 is 4.79 Å². The molecule has 2 unspecified atom stereocenters. The van der Waals surface area contributed by atoms with Crippen molar-refractivity contribution in [3.05, 3.63) is 34.9 Å². The minimum atomic E-state index is 0.112. The number of alkyl halides is 1. The number of carbonyl (C=O) groups excluding carboxylic acids is 1. The fourth-order valence-corrected chi connectivity index (χ4v) is 3.00. The highest BCUT2D eigenvalue weighted by molar-refractivity contribution is 6.20. The minimum absolute atomic E-state index is 0.112. The van der Waals surface area contributed by atoms with Crippen molar-refractivity contribution in [3.8, 4) is 0 Å². The monoisotopic (exact) mass is 279 g/mol. The standard InChI is InChI=1S/C16H22ClNO/c1-11-3-4-13(7-12(11)2)9-16(19)18-10-14-5-6-15(17)8-14/h3-4,7,14-15H,5-6,8-10H2,1-2H3,(H,18,19).